The van der Waals surface area contributed by atoms with Crippen molar-refractivity contribution >= 4 is 40.0 Å². The minimum Gasteiger partial charge on any atom is -0.379 e. The van der Waals surface area contributed by atoms with Gasteiger partial charge in [-0.3, -0.25) is 9.89 Å². The number of rotatable bonds is 7. The van der Waals surface area contributed by atoms with E-state index in [9.17, 15) is 8.42 Å². The fourth-order valence-electron chi connectivity index (χ4n) is 3.55. The lowest BCUT2D eigenvalue weighted by Gasteiger charge is -2.36. The molecule has 2 aliphatic rings. The Morgan fingerprint density at radius 1 is 1.23 bits per heavy atom. The summed E-state index contributed by atoms with van der Waals surface area (Å²) >= 11 is 0. The smallest absolute Gasteiger partial charge is 0.220 e. The Bertz CT molecular complexity index is 747. The molecule has 3 heterocycles. The molecule has 2 aliphatic heterocycles. The molecule has 0 saturated carbocycles. The maximum absolute atomic E-state index is 12.6. The van der Waals surface area contributed by atoms with Crippen molar-refractivity contribution in [2.45, 2.75) is 25.6 Å². The number of nitrogens with one attached hydrogen (secondary N) is 1. The van der Waals surface area contributed by atoms with E-state index in [1.54, 1.807) is 6.07 Å². The molecule has 10 nitrogen and oxygen atoms in total. The number of piperazine rings is 1. The highest BCUT2D eigenvalue weighted by atomic mass is 127. The second-order valence-corrected chi connectivity index (χ2v) is 9.29. The van der Waals surface area contributed by atoms with E-state index in [1.165, 1.54) is 10.6 Å². The van der Waals surface area contributed by atoms with Gasteiger partial charge in [-0.05, 0) is 13.8 Å². The van der Waals surface area contributed by atoms with Gasteiger partial charge in [0, 0.05) is 57.9 Å². The van der Waals surface area contributed by atoms with Gasteiger partial charge < -0.3 is 19.5 Å². The second kappa shape index (κ2) is 12.2. The third-order valence-corrected chi connectivity index (χ3v) is 7.07. The summed E-state index contributed by atoms with van der Waals surface area (Å²) in [4.78, 5) is 9.35. The molecule has 0 aromatic carbocycles. The van der Waals surface area contributed by atoms with Crippen LogP contribution in [0, 0.1) is 0 Å². The van der Waals surface area contributed by atoms with Gasteiger partial charge in [-0.1, -0.05) is 5.16 Å². The monoisotopic (exact) mass is 556 g/mol. The molecule has 1 unspecified atom stereocenters. The number of aliphatic imine (C=N–C) groups is 1. The summed E-state index contributed by atoms with van der Waals surface area (Å²) in [5.74, 6) is 0.718. The van der Waals surface area contributed by atoms with Crippen LogP contribution in [0.2, 0.25) is 0 Å². The van der Waals surface area contributed by atoms with Crippen LogP contribution in [0.25, 0.3) is 0 Å². The molecule has 1 N–H and O–H groups in total. The molecule has 0 spiro atoms. The number of sulfonamides is 1. The molecule has 30 heavy (non-hydrogen) atoms. The molecule has 0 aliphatic carbocycles. The van der Waals surface area contributed by atoms with Gasteiger partial charge in [-0.15, -0.1) is 24.0 Å². The van der Waals surface area contributed by atoms with Gasteiger partial charge in [0.05, 0.1) is 25.5 Å². The molecule has 2 saturated heterocycles. The van der Waals surface area contributed by atoms with Crippen molar-refractivity contribution in [1.29, 1.82) is 0 Å². The fraction of sp³-hybridized carbons (Fsp3) is 0.778. The molecule has 12 heteroatoms. The van der Waals surface area contributed by atoms with E-state index in [0.29, 0.717) is 44.5 Å². The highest BCUT2D eigenvalue weighted by molar-refractivity contribution is 14.0. The summed E-state index contributed by atoms with van der Waals surface area (Å²) in [5.41, 5.74) is 0.430. The number of halogens is 1. The minimum atomic E-state index is -3.40. The maximum Gasteiger partial charge on any atom is 0.220 e. The van der Waals surface area contributed by atoms with E-state index >= 15 is 0 Å². The molecule has 1 atom stereocenters. The minimum absolute atomic E-state index is 0. The number of aromatic nitrogens is 1. The van der Waals surface area contributed by atoms with E-state index in [0.717, 1.165) is 38.8 Å². The number of ether oxygens (including phenoxy) is 1. The van der Waals surface area contributed by atoms with Crippen LogP contribution in [0.3, 0.4) is 0 Å². The lowest BCUT2D eigenvalue weighted by atomic mass is 10.2. The average molecular weight is 556 g/mol. The Morgan fingerprint density at radius 2 is 1.93 bits per heavy atom. The van der Waals surface area contributed by atoms with Crippen molar-refractivity contribution in [2.24, 2.45) is 4.99 Å². The summed E-state index contributed by atoms with van der Waals surface area (Å²) in [5, 5.41) is 7.05. The van der Waals surface area contributed by atoms with Gasteiger partial charge in [0.25, 0.3) is 0 Å². The van der Waals surface area contributed by atoms with Crippen molar-refractivity contribution in [3.8, 4) is 0 Å². The van der Waals surface area contributed by atoms with Crippen LogP contribution in [0.15, 0.2) is 21.8 Å². The van der Waals surface area contributed by atoms with Gasteiger partial charge in [-0.25, -0.2) is 8.42 Å². The number of nitrogens with zero attached hydrogens (tertiary/aromatic N) is 5. The molecule has 0 radical (unpaired) electrons. The van der Waals surface area contributed by atoms with Crippen molar-refractivity contribution in [3.05, 3.63) is 18.0 Å². The molecule has 2 fully saturated rings. The lowest BCUT2D eigenvalue weighted by molar-refractivity contribution is 0.0220. The van der Waals surface area contributed by atoms with Crippen LogP contribution in [-0.2, 0) is 20.5 Å². The Labute approximate surface area is 196 Å². The van der Waals surface area contributed by atoms with E-state index in [1.807, 2.05) is 6.92 Å². The van der Waals surface area contributed by atoms with Gasteiger partial charge in [0.15, 0.2) is 5.96 Å². The van der Waals surface area contributed by atoms with Crippen LogP contribution in [0.1, 0.15) is 19.5 Å². The molecule has 3 rings (SSSR count). The summed E-state index contributed by atoms with van der Waals surface area (Å²) in [6, 6.07) is 1.93. The third kappa shape index (κ3) is 7.04. The van der Waals surface area contributed by atoms with Crippen molar-refractivity contribution in [1.82, 2.24) is 24.6 Å². The summed E-state index contributed by atoms with van der Waals surface area (Å²) in [7, 11) is -3.40. The highest BCUT2D eigenvalue weighted by Crippen LogP contribution is 2.13. The molecular formula is C18H33IN6O4S. The Hall–Kier alpha value is -0.960. The predicted octanol–water partition coefficient (Wildman–Crippen LogP) is 0.426. The molecule has 1 aromatic heterocycles. The molecule has 0 bridgehead atoms. The van der Waals surface area contributed by atoms with Crippen molar-refractivity contribution < 1.29 is 17.7 Å². The first-order chi connectivity index (χ1) is 14.0. The third-order valence-electron chi connectivity index (χ3n) is 5.26. The van der Waals surface area contributed by atoms with Gasteiger partial charge in [0.2, 0.25) is 10.0 Å². The van der Waals surface area contributed by atoms with Crippen LogP contribution in [0.4, 0.5) is 0 Å². The Morgan fingerprint density at radius 3 is 2.53 bits per heavy atom. The van der Waals surface area contributed by atoms with Crippen LogP contribution in [0.5, 0.6) is 0 Å². The number of morpholine rings is 1. The summed E-state index contributed by atoms with van der Waals surface area (Å²) in [6.45, 7) is 11.2. The second-order valence-electron chi connectivity index (χ2n) is 7.33. The van der Waals surface area contributed by atoms with Gasteiger partial charge in [-0.2, -0.15) is 4.31 Å². The van der Waals surface area contributed by atoms with Crippen LogP contribution in [-0.4, -0.2) is 105 Å². The zero-order chi connectivity index (χ0) is 20.7. The average Bonchev–Trinajstić information content (AvgIpc) is 3.24. The Kier molecular flexibility index (Phi) is 10.3. The first kappa shape index (κ1) is 25.3. The molecule has 1 aromatic rings. The van der Waals surface area contributed by atoms with Gasteiger partial charge >= 0.3 is 0 Å². The largest absolute Gasteiger partial charge is 0.379 e. The molecular weight excluding hydrogens is 523 g/mol. The molecule has 0 amide bonds. The number of guanidine groups is 1. The number of hydrogen-bond donors (Lipinski definition) is 1. The molecule has 172 valence electrons. The first-order valence-corrected chi connectivity index (χ1v) is 11.8. The van der Waals surface area contributed by atoms with Crippen LogP contribution >= 0.6 is 24.0 Å². The fourth-order valence-corrected chi connectivity index (χ4v) is 4.97. The quantitative estimate of drug-likeness (QED) is 0.293. The zero-order valence-electron chi connectivity index (χ0n) is 17.7. The van der Waals surface area contributed by atoms with E-state index < -0.39 is 10.0 Å². The van der Waals surface area contributed by atoms with E-state index in [-0.39, 0.29) is 29.7 Å². The Balaban J connectivity index is 0.00000320. The van der Waals surface area contributed by atoms with Crippen molar-refractivity contribution in [2.75, 3.05) is 65.6 Å². The predicted molar refractivity (Wildman–Crippen MR) is 126 cm³/mol. The SMILES string of the molecule is CCNC(=NCC(C)N1CCOCC1)N1CCN(S(=O)(=O)Cc2ccon2)CC1.I. The standard InChI is InChI=1S/C18H32N6O4S.HI/c1-3-19-18(20-14-16(2)22-9-12-27-13-10-22)23-5-7-24(8-6-23)29(25,26)15-17-4-11-28-21-17;/h4,11,16H,3,5-10,12-15H2,1-2H3,(H,19,20);1H. The maximum atomic E-state index is 12.6. The summed E-state index contributed by atoms with van der Waals surface area (Å²) in [6.07, 6.45) is 1.39. The van der Waals surface area contributed by atoms with E-state index in [4.69, 9.17) is 14.3 Å². The zero-order valence-corrected chi connectivity index (χ0v) is 20.8. The van der Waals surface area contributed by atoms with E-state index in [2.05, 4.69) is 27.2 Å². The topological polar surface area (TPSA) is 104 Å². The number of hydrogen-bond acceptors (Lipinski definition) is 7. The first-order valence-electron chi connectivity index (χ1n) is 10.2. The normalized spacial score (nSPS) is 20.6. The van der Waals surface area contributed by atoms with Crippen LogP contribution < -0.4 is 5.32 Å². The van der Waals surface area contributed by atoms with Crippen molar-refractivity contribution in [3.63, 3.8) is 0 Å². The highest BCUT2D eigenvalue weighted by Gasteiger charge is 2.29. The summed E-state index contributed by atoms with van der Waals surface area (Å²) < 4.78 is 36.9. The lowest BCUT2D eigenvalue weighted by Crippen LogP contribution is -2.54. The van der Waals surface area contributed by atoms with Gasteiger partial charge in [0.1, 0.15) is 12.0 Å².